The predicted octanol–water partition coefficient (Wildman–Crippen LogP) is 6.86. The average Bonchev–Trinajstić information content (AvgIpc) is 4.12. The summed E-state index contributed by atoms with van der Waals surface area (Å²) < 4.78 is 36.1. The van der Waals surface area contributed by atoms with Crippen LogP contribution in [0.15, 0.2) is 77.6 Å². The van der Waals surface area contributed by atoms with Crippen molar-refractivity contribution in [2.75, 3.05) is 45.9 Å². The molecule has 9 rings (SSSR count). The number of ether oxygens (including phenoxy) is 1. The number of rotatable bonds is 9. The summed E-state index contributed by atoms with van der Waals surface area (Å²) in [7, 11) is -1.72. The number of carbonyl (C=O) groups is 6. The van der Waals surface area contributed by atoms with Crippen molar-refractivity contribution >= 4 is 77.0 Å². The molecule has 18 nitrogen and oxygen atoms in total. The number of nitrogens with one attached hydrogen (secondary N) is 1. The van der Waals surface area contributed by atoms with Crippen molar-refractivity contribution < 1.29 is 57.2 Å². The van der Waals surface area contributed by atoms with E-state index in [1.54, 1.807) is 11.9 Å². The van der Waals surface area contributed by atoms with Crippen LogP contribution < -0.4 is 16.7 Å². The largest absolute Gasteiger partial charge is 0.465 e. The van der Waals surface area contributed by atoms with Crippen LogP contribution in [0.2, 0.25) is 0 Å². The molecule has 0 saturated carbocycles. The number of nitrogens with zero attached hydrogens (tertiary/aromatic N) is 5. The first-order valence-corrected chi connectivity index (χ1v) is 26.2. The van der Waals surface area contributed by atoms with Crippen LogP contribution in [0.5, 0.6) is 0 Å². The summed E-state index contributed by atoms with van der Waals surface area (Å²) >= 11 is 1.09. The second-order valence-electron chi connectivity index (χ2n) is 19.7. The van der Waals surface area contributed by atoms with E-state index in [1.165, 1.54) is 39.0 Å². The van der Waals surface area contributed by atoms with Crippen LogP contribution in [0, 0.1) is 11.3 Å². The van der Waals surface area contributed by atoms with Gasteiger partial charge in [0.25, 0.3) is 5.91 Å². The van der Waals surface area contributed by atoms with Crippen molar-refractivity contribution in [3.63, 3.8) is 0 Å². The fourth-order valence-corrected chi connectivity index (χ4v) is 10.3. The van der Waals surface area contributed by atoms with Crippen molar-refractivity contribution in [1.82, 2.24) is 29.2 Å². The highest BCUT2D eigenvalue weighted by molar-refractivity contribution is 7.46. The summed E-state index contributed by atoms with van der Waals surface area (Å²) in [5.74, 6) is -0.644. The minimum absolute atomic E-state index is 0.0372. The van der Waals surface area contributed by atoms with Crippen molar-refractivity contribution in [3.05, 3.63) is 105 Å². The number of aryl methyl sites for hydroxylation is 1. The second-order valence-corrected chi connectivity index (χ2v) is 21.9. The van der Waals surface area contributed by atoms with Gasteiger partial charge >= 0.3 is 17.4 Å². The lowest BCUT2D eigenvalue weighted by molar-refractivity contribution is -0.136. The fourth-order valence-electron chi connectivity index (χ4n) is 9.06. The van der Waals surface area contributed by atoms with E-state index in [0.29, 0.717) is 73.1 Å². The molecule has 6 amide bonds. The van der Waals surface area contributed by atoms with Gasteiger partial charge in [0, 0.05) is 62.9 Å². The molecule has 3 aromatic carbocycles. The van der Waals surface area contributed by atoms with E-state index in [-0.39, 0.29) is 34.4 Å². The Morgan fingerprint density at radius 3 is 2.18 bits per heavy atom. The fraction of sp³-hybridized carbons (Fsp3) is 0.471. The molecule has 4 fully saturated rings. The molecule has 0 radical (unpaired) electrons. The Bertz CT molecular complexity index is 2820. The number of nitrogens with two attached hydrogens (primary N) is 1. The number of likely N-dealkylation sites (tertiary alicyclic amines) is 2. The molecule has 2 aromatic heterocycles. The molecule has 394 valence electrons. The third-order valence-electron chi connectivity index (χ3n) is 13.0. The third kappa shape index (κ3) is 14.8. The second kappa shape index (κ2) is 24.7. The number of benzene rings is 3. The molecule has 6 N–H and O–H groups in total. The molecule has 5 aromatic rings. The van der Waals surface area contributed by atoms with Crippen molar-refractivity contribution in [1.29, 1.82) is 0 Å². The van der Waals surface area contributed by atoms with Gasteiger partial charge in [-0.05, 0) is 96.7 Å². The van der Waals surface area contributed by atoms with Crippen molar-refractivity contribution in [2.24, 2.45) is 24.1 Å². The summed E-state index contributed by atoms with van der Waals surface area (Å²) in [5.41, 5.74) is 4.41. The van der Waals surface area contributed by atoms with Crippen LogP contribution >= 0.6 is 19.7 Å². The number of piperidine rings is 2. The summed E-state index contributed by atoms with van der Waals surface area (Å²) in [4.78, 5) is 104. The van der Waals surface area contributed by atoms with E-state index >= 15 is 0 Å². The number of imidazole rings is 1. The molecule has 0 aliphatic carbocycles. The number of amides is 6. The maximum absolute atomic E-state index is 13.4. The molecule has 4 aliphatic rings. The Kier molecular flexibility index (Phi) is 19.0. The minimum Gasteiger partial charge on any atom is -0.465 e. The third-order valence-corrected chi connectivity index (χ3v) is 14.9. The average molecular weight is 1050 g/mol. The van der Waals surface area contributed by atoms with Crippen molar-refractivity contribution in [3.8, 4) is 0 Å². The van der Waals surface area contributed by atoms with Crippen LogP contribution in [-0.4, -0.2) is 121 Å². The number of primary amides is 1. The first kappa shape index (κ1) is 56.2. The number of aromatic nitrogens is 2. The quantitative estimate of drug-likeness (QED) is 0.0580. The molecule has 2 unspecified atom stereocenters. The van der Waals surface area contributed by atoms with E-state index in [1.807, 2.05) is 53.4 Å². The molecule has 0 bridgehead atoms. The van der Waals surface area contributed by atoms with Gasteiger partial charge < -0.3 is 40.1 Å². The number of carbonyl (C=O) groups excluding carboxylic acids is 5. The van der Waals surface area contributed by atoms with Gasteiger partial charge in [-0.3, -0.25) is 38.4 Å². The number of carboxylic acid groups (broad SMARTS) is 1. The van der Waals surface area contributed by atoms with Gasteiger partial charge in [0.15, 0.2) is 0 Å². The maximum atomic E-state index is 13.4. The molecule has 4 aliphatic heterocycles. The topological polar surface area (TPSA) is 247 Å². The Labute approximate surface area is 426 Å². The predicted molar refractivity (Wildman–Crippen MR) is 273 cm³/mol. The molecular formula is C51H64F2N7O11PS. The van der Waals surface area contributed by atoms with Gasteiger partial charge in [0.05, 0.1) is 29.1 Å². The van der Waals surface area contributed by atoms with Gasteiger partial charge in [0.2, 0.25) is 32.5 Å². The molecule has 2 atom stereocenters. The zero-order valence-corrected chi connectivity index (χ0v) is 43.1. The molecule has 6 heterocycles. The minimum atomic E-state index is -3.70. The van der Waals surface area contributed by atoms with Gasteiger partial charge in [-0.2, -0.15) is 8.78 Å². The van der Waals surface area contributed by atoms with E-state index in [4.69, 9.17) is 25.4 Å². The Balaban J connectivity index is 0.000000170. The summed E-state index contributed by atoms with van der Waals surface area (Å²) in [6.07, 6.45) is 6.12. The lowest BCUT2D eigenvalue weighted by Crippen LogP contribution is -2.44. The van der Waals surface area contributed by atoms with E-state index < -0.39 is 43.6 Å². The highest BCUT2D eigenvalue weighted by Gasteiger charge is 2.41. The Morgan fingerprint density at radius 2 is 1.58 bits per heavy atom. The summed E-state index contributed by atoms with van der Waals surface area (Å²) in [6.45, 7) is 11.4. The summed E-state index contributed by atoms with van der Waals surface area (Å²) in [6, 6.07) is 20.1. The number of alkyl halides is 2. The smallest absolute Gasteiger partial charge is 0.407 e. The first-order chi connectivity index (χ1) is 34.6. The van der Waals surface area contributed by atoms with Gasteiger partial charge in [0.1, 0.15) is 12.1 Å². The van der Waals surface area contributed by atoms with Crippen LogP contribution in [0.25, 0.3) is 21.1 Å². The summed E-state index contributed by atoms with van der Waals surface area (Å²) in [5, 5.41) is 11.8. The van der Waals surface area contributed by atoms with Crippen LogP contribution in [0.3, 0.4) is 0 Å². The molecule has 0 spiro atoms. The Morgan fingerprint density at radius 1 is 0.890 bits per heavy atom. The maximum Gasteiger partial charge on any atom is 0.407 e. The van der Waals surface area contributed by atoms with Crippen LogP contribution in [0.1, 0.15) is 104 Å². The van der Waals surface area contributed by atoms with Gasteiger partial charge in [-0.25, -0.2) is 9.59 Å². The zero-order valence-electron chi connectivity index (χ0n) is 41.4. The number of hydrogen-bond donors (Lipinski definition) is 5. The monoisotopic (exact) mass is 1050 g/mol. The zero-order chi connectivity index (χ0) is 53.2. The van der Waals surface area contributed by atoms with E-state index in [2.05, 4.69) is 26.1 Å². The molecule has 73 heavy (non-hydrogen) atoms. The first-order valence-electron chi connectivity index (χ1n) is 24.1. The van der Waals surface area contributed by atoms with Gasteiger partial charge in [-0.1, -0.05) is 63.2 Å². The molecular weight excluding hydrogens is 988 g/mol. The highest BCUT2D eigenvalue weighted by atomic mass is 32.1. The Hall–Kier alpha value is -6.12. The van der Waals surface area contributed by atoms with Crippen molar-refractivity contribution in [2.45, 2.75) is 89.9 Å². The standard InChI is InChI=1S/C20H24N4O5.C11H13NO2.C10H8F2NO3PS.C10H19NO/c1-22-16-11-13(10-12-6-8-23(9-7-12)20(28)29)2-3-14(16)24(19(22)27)15-4-5-17(25)21-18(15)26;13-9-12-6-7-14-11(8-12)10-4-2-1-3-5-10;11-10(12,17(15)16)6-1-2-7-5(3-6)4-8(18-7)9(13)14;1-10(2,3)8-9(12)11-6-4-5-7-11/h2-3,11-12,15H,4-10H2,1H3,(H,28,29)(H,21,25,26);1-5,9,11H,6-8H2;1-4,15-16H,(H2,13,14);4-8H2,1-3H3. The number of hydrogen-bond acceptors (Lipinski definition) is 11. The highest BCUT2D eigenvalue weighted by Crippen LogP contribution is 2.53. The lowest BCUT2D eigenvalue weighted by Gasteiger charge is -2.30. The number of fused-ring (bicyclic) bond motifs is 2. The van der Waals surface area contributed by atoms with Crippen LogP contribution in [0.4, 0.5) is 13.6 Å². The SMILES string of the molecule is CC(C)(C)CC(=O)N1CCCC1.Cn1c(=O)n(C2CCC(=O)NC2=O)c2ccc(CC3CCN(C(=O)O)CC3)cc21.NC(=O)c1cc2cc(C(F)(F)P(O)O)ccc2s1.O=CN1CCOC(c2ccccc2)C1. The van der Waals surface area contributed by atoms with Crippen LogP contribution in [-0.2, 0) is 43.0 Å². The number of imide groups is 1. The molecule has 4 saturated heterocycles. The normalized spacial score (nSPS) is 18.6. The van der Waals surface area contributed by atoms with E-state index in [9.17, 15) is 42.3 Å². The number of halogens is 2. The van der Waals surface area contributed by atoms with E-state index in [0.717, 1.165) is 78.9 Å². The number of thiophene rings is 1. The van der Waals surface area contributed by atoms with Gasteiger partial charge in [-0.15, -0.1) is 11.3 Å². The molecule has 22 heteroatoms. The number of morpholine rings is 1. The lowest BCUT2D eigenvalue weighted by atomic mass is 9.90.